The van der Waals surface area contributed by atoms with Crippen LogP contribution in [0.3, 0.4) is 0 Å². The van der Waals surface area contributed by atoms with Crippen LogP contribution in [0.1, 0.15) is 24.8 Å². The number of nitrogens with zero attached hydrogens (tertiary/aromatic N) is 3. The maximum atomic E-state index is 12.1. The topological polar surface area (TPSA) is 76.5 Å². The lowest BCUT2D eigenvalue weighted by molar-refractivity contribution is -0.121. The van der Waals surface area contributed by atoms with Crippen LogP contribution in [0.2, 0.25) is 0 Å². The zero-order valence-corrected chi connectivity index (χ0v) is 17.0. The highest BCUT2D eigenvalue weighted by molar-refractivity contribution is 5.75. The number of anilines is 1. The van der Waals surface area contributed by atoms with Gasteiger partial charge >= 0.3 is 0 Å². The molecule has 0 unspecified atom stereocenters. The van der Waals surface area contributed by atoms with E-state index in [0.29, 0.717) is 19.1 Å². The van der Waals surface area contributed by atoms with Crippen molar-refractivity contribution in [3.63, 3.8) is 0 Å². The maximum Gasteiger partial charge on any atom is 0.267 e. The monoisotopic (exact) mass is 398 g/mol. The molecule has 1 aliphatic heterocycles. The van der Waals surface area contributed by atoms with E-state index < -0.39 is 0 Å². The first kappa shape index (κ1) is 21.0. The van der Waals surface area contributed by atoms with Gasteiger partial charge in [-0.2, -0.15) is 5.10 Å². The van der Waals surface area contributed by atoms with Crippen molar-refractivity contribution in [2.75, 3.05) is 38.3 Å². The molecule has 0 radical (unpaired) electrons. The van der Waals surface area contributed by atoms with Gasteiger partial charge in [-0.15, -0.1) is 0 Å². The molecule has 156 valence electrons. The van der Waals surface area contributed by atoms with Gasteiger partial charge in [0.05, 0.1) is 0 Å². The molecule has 2 aromatic rings. The molecule has 1 aliphatic rings. The van der Waals surface area contributed by atoms with Gasteiger partial charge in [0.15, 0.2) is 0 Å². The van der Waals surface area contributed by atoms with Gasteiger partial charge in [-0.05, 0) is 43.2 Å². The van der Waals surface area contributed by atoms with Crippen LogP contribution in [0.5, 0.6) is 0 Å². The van der Waals surface area contributed by atoms with Gasteiger partial charge in [-0.1, -0.05) is 30.3 Å². The number of hydrogen-bond acceptors (Lipinski definition) is 5. The number of nitrogens with one attached hydrogen (secondary N) is 1. The average Bonchev–Trinajstić information content (AvgIpc) is 2.74. The summed E-state index contributed by atoms with van der Waals surface area (Å²) in [5.41, 5.74) is 1.12. The largest absolute Gasteiger partial charge is 0.385 e. The van der Waals surface area contributed by atoms with Crippen molar-refractivity contribution < 1.29 is 9.53 Å². The van der Waals surface area contributed by atoms with Crippen LogP contribution in [0.15, 0.2) is 47.3 Å². The number of piperidine rings is 1. The third-order valence-electron chi connectivity index (χ3n) is 5.30. The highest BCUT2D eigenvalue weighted by Gasteiger charge is 2.21. The fraction of sp³-hybridized carbons (Fsp3) is 0.500. The third-order valence-corrected chi connectivity index (χ3v) is 5.30. The molecule has 29 heavy (non-hydrogen) atoms. The van der Waals surface area contributed by atoms with Crippen molar-refractivity contribution in [3.8, 4) is 0 Å². The van der Waals surface area contributed by atoms with Gasteiger partial charge in [-0.3, -0.25) is 9.59 Å². The summed E-state index contributed by atoms with van der Waals surface area (Å²) < 4.78 is 6.21. The van der Waals surface area contributed by atoms with Gasteiger partial charge < -0.3 is 15.0 Å². The first-order valence-electron chi connectivity index (χ1n) is 10.3. The molecule has 1 N–H and O–H groups in total. The minimum absolute atomic E-state index is 0.0653. The first-order chi connectivity index (χ1) is 14.2. The van der Waals surface area contributed by atoms with Crippen LogP contribution in [0.25, 0.3) is 0 Å². The molecule has 0 atom stereocenters. The Kier molecular flexibility index (Phi) is 7.81. The number of methoxy groups -OCH3 is 1. The molecule has 3 rings (SSSR count). The number of amides is 1. The van der Waals surface area contributed by atoms with E-state index in [1.54, 1.807) is 13.2 Å². The first-order valence-corrected chi connectivity index (χ1v) is 10.3. The number of rotatable bonds is 9. The van der Waals surface area contributed by atoms with Crippen molar-refractivity contribution in [1.29, 1.82) is 0 Å². The van der Waals surface area contributed by atoms with Crippen molar-refractivity contribution >= 4 is 11.7 Å². The number of hydrogen-bond donors (Lipinski definition) is 1. The van der Waals surface area contributed by atoms with Crippen molar-refractivity contribution in [1.82, 2.24) is 15.1 Å². The Morgan fingerprint density at radius 2 is 1.93 bits per heavy atom. The van der Waals surface area contributed by atoms with Gasteiger partial charge in [0.2, 0.25) is 5.91 Å². The second-order valence-electron chi connectivity index (χ2n) is 7.50. The van der Waals surface area contributed by atoms with Crippen molar-refractivity contribution in [2.45, 2.75) is 32.2 Å². The SMILES string of the molecule is COCCCNC(=O)Cn1nc(N2CCC(Cc3ccccc3)CC2)ccc1=O. The van der Waals surface area contributed by atoms with E-state index in [1.165, 1.54) is 16.3 Å². The molecule has 1 saturated heterocycles. The quantitative estimate of drug-likeness (QED) is 0.653. The van der Waals surface area contributed by atoms with Gasteiger partial charge in [0.25, 0.3) is 5.56 Å². The Hall–Kier alpha value is -2.67. The molecule has 1 fully saturated rings. The maximum absolute atomic E-state index is 12.1. The molecule has 1 aromatic carbocycles. The van der Waals surface area contributed by atoms with E-state index in [-0.39, 0.29) is 18.0 Å². The zero-order valence-electron chi connectivity index (χ0n) is 17.0. The van der Waals surface area contributed by atoms with Crippen LogP contribution >= 0.6 is 0 Å². The lowest BCUT2D eigenvalue weighted by Gasteiger charge is -2.33. The van der Waals surface area contributed by atoms with Crippen molar-refractivity contribution in [2.24, 2.45) is 5.92 Å². The molecular formula is C22H30N4O3. The molecule has 0 bridgehead atoms. The minimum atomic E-state index is -0.264. The molecular weight excluding hydrogens is 368 g/mol. The van der Waals surface area contributed by atoms with E-state index in [2.05, 4.69) is 39.6 Å². The van der Waals surface area contributed by atoms with Crippen LogP contribution in [0.4, 0.5) is 5.82 Å². The Balaban J connectivity index is 1.53. The zero-order chi connectivity index (χ0) is 20.5. The number of benzene rings is 1. The van der Waals surface area contributed by atoms with Crippen LogP contribution in [0, 0.1) is 5.92 Å². The molecule has 0 saturated carbocycles. The van der Waals surface area contributed by atoms with Gasteiger partial charge in [0.1, 0.15) is 12.4 Å². The second-order valence-corrected chi connectivity index (χ2v) is 7.50. The summed E-state index contributed by atoms with van der Waals surface area (Å²) in [4.78, 5) is 26.4. The third kappa shape index (κ3) is 6.42. The number of carbonyl (C=O) groups is 1. The van der Waals surface area contributed by atoms with E-state index in [1.807, 2.05) is 6.07 Å². The molecule has 2 heterocycles. The van der Waals surface area contributed by atoms with E-state index >= 15 is 0 Å². The summed E-state index contributed by atoms with van der Waals surface area (Å²) in [5, 5.41) is 7.22. The summed E-state index contributed by atoms with van der Waals surface area (Å²) >= 11 is 0. The Morgan fingerprint density at radius 1 is 1.17 bits per heavy atom. The fourth-order valence-corrected chi connectivity index (χ4v) is 3.67. The van der Waals surface area contributed by atoms with Crippen LogP contribution < -0.4 is 15.8 Å². The molecule has 1 aromatic heterocycles. The number of aromatic nitrogens is 2. The molecule has 0 spiro atoms. The highest BCUT2D eigenvalue weighted by Crippen LogP contribution is 2.24. The summed E-state index contributed by atoms with van der Waals surface area (Å²) in [6, 6.07) is 13.8. The summed E-state index contributed by atoms with van der Waals surface area (Å²) in [5.74, 6) is 1.21. The number of carbonyl (C=O) groups excluding carboxylic acids is 1. The Labute approximate surface area is 171 Å². The fourth-order valence-electron chi connectivity index (χ4n) is 3.67. The summed E-state index contributed by atoms with van der Waals surface area (Å²) in [6.07, 6.45) is 4.03. The minimum Gasteiger partial charge on any atom is -0.385 e. The number of ether oxygens (including phenoxy) is 1. The lowest BCUT2D eigenvalue weighted by atomic mass is 9.90. The smallest absolute Gasteiger partial charge is 0.267 e. The molecule has 7 nitrogen and oxygen atoms in total. The average molecular weight is 399 g/mol. The van der Waals surface area contributed by atoms with E-state index in [0.717, 1.165) is 44.6 Å². The molecule has 7 heteroatoms. The Morgan fingerprint density at radius 3 is 2.66 bits per heavy atom. The second kappa shape index (κ2) is 10.8. The summed E-state index contributed by atoms with van der Waals surface area (Å²) in [7, 11) is 1.63. The normalized spacial score (nSPS) is 14.7. The standard InChI is InChI=1S/C22H30N4O3/c1-29-15-5-12-23-21(27)17-26-22(28)9-8-20(24-26)25-13-10-19(11-14-25)16-18-6-3-2-4-7-18/h2-4,6-9,19H,5,10-17H2,1H3,(H,23,27). The van der Waals surface area contributed by atoms with Crippen molar-refractivity contribution in [3.05, 3.63) is 58.4 Å². The molecule has 0 aliphatic carbocycles. The van der Waals surface area contributed by atoms with Gasteiger partial charge in [0, 0.05) is 39.4 Å². The molecule has 1 amide bonds. The highest BCUT2D eigenvalue weighted by atomic mass is 16.5. The van der Waals surface area contributed by atoms with Crippen LogP contribution in [-0.2, 0) is 22.5 Å². The van der Waals surface area contributed by atoms with E-state index in [4.69, 9.17) is 4.74 Å². The summed E-state index contributed by atoms with van der Waals surface area (Å²) in [6.45, 7) is 2.87. The van der Waals surface area contributed by atoms with Gasteiger partial charge in [-0.25, -0.2) is 4.68 Å². The lowest BCUT2D eigenvalue weighted by Crippen LogP contribution is -2.38. The predicted octanol–water partition coefficient (Wildman–Crippen LogP) is 1.86. The van der Waals surface area contributed by atoms with E-state index in [9.17, 15) is 9.59 Å². The Bertz CT molecular complexity index is 829. The van der Waals surface area contributed by atoms with Crippen LogP contribution in [-0.4, -0.2) is 49.0 Å². The predicted molar refractivity (Wildman–Crippen MR) is 113 cm³/mol.